The molecule has 1 unspecified atom stereocenters. The van der Waals surface area contributed by atoms with E-state index in [2.05, 4.69) is 5.32 Å². The molecule has 10 heteroatoms. The second-order valence-electron chi connectivity index (χ2n) is 8.43. The molecule has 38 heavy (non-hydrogen) atoms. The number of nitrogens with one attached hydrogen (secondary N) is 1. The van der Waals surface area contributed by atoms with Crippen LogP contribution in [0.3, 0.4) is 0 Å². The van der Waals surface area contributed by atoms with E-state index in [9.17, 15) is 18.0 Å². The largest absolute Gasteiger partial charge is 0.497 e. The van der Waals surface area contributed by atoms with Gasteiger partial charge in [0.05, 0.1) is 24.8 Å². The first kappa shape index (κ1) is 28.5. The van der Waals surface area contributed by atoms with Crippen LogP contribution in [0.15, 0.2) is 83.8 Å². The van der Waals surface area contributed by atoms with Crippen LogP contribution in [0.25, 0.3) is 0 Å². The fourth-order valence-electron chi connectivity index (χ4n) is 4.05. The normalized spacial score (nSPS) is 11.8. The van der Waals surface area contributed by atoms with Crippen LogP contribution in [0.2, 0.25) is 0 Å². The van der Waals surface area contributed by atoms with Gasteiger partial charge in [-0.2, -0.15) is 0 Å². The van der Waals surface area contributed by atoms with Gasteiger partial charge in [-0.3, -0.25) is 13.9 Å². The van der Waals surface area contributed by atoms with Crippen molar-refractivity contribution >= 4 is 27.5 Å². The molecular weight excluding hydrogens is 506 g/mol. The highest BCUT2D eigenvalue weighted by Gasteiger charge is 2.33. The van der Waals surface area contributed by atoms with Crippen molar-refractivity contribution in [1.82, 2.24) is 10.2 Å². The minimum Gasteiger partial charge on any atom is -0.497 e. The predicted molar refractivity (Wildman–Crippen MR) is 146 cm³/mol. The molecular formula is C28H33N3O6S. The number of methoxy groups -OCH3 is 2. The molecule has 0 aliphatic rings. The Hall–Kier alpha value is -4.05. The molecule has 1 N–H and O–H groups in total. The smallest absolute Gasteiger partial charge is 0.264 e. The molecule has 3 rings (SSSR count). The number of carbonyl (C=O) groups is 2. The van der Waals surface area contributed by atoms with Gasteiger partial charge in [0, 0.05) is 13.6 Å². The number of likely N-dealkylation sites (N-methyl/N-ethyl adjacent to an activating group) is 1. The topological polar surface area (TPSA) is 105 Å². The second-order valence-corrected chi connectivity index (χ2v) is 10.3. The summed E-state index contributed by atoms with van der Waals surface area (Å²) < 4.78 is 39.1. The Morgan fingerprint density at radius 3 is 2.13 bits per heavy atom. The van der Waals surface area contributed by atoms with Crippen molar-refractivity contribution < 1.29 is 27.5 Å². The number of amides is 2. The van der Waals surface area contributed by atoms with Crippen LogP contribution in [0.4, 0.5) is 5.69 Å². The first-order valence-corrected chi connectivity index (χ1v) is 13.5. The van der Waals surface area contributed by atoms with Crippen LogP contribution >= 0.6 is 0 Å². The number of carbonyl (C=O) groups excluding carboxylic acids is 2. The van der Waals surface area contributed by atoms with Gasteiger partial charge in [-0.1, -0.05) is 37.3 Å². The van der Waals surface area contributed by atoms with Crippen molar-refractivity contribution in [3.05, 3.63) is 84.4 Å². The van der Waals surface area contributed by atoms with Gasteiger partial charge < -0.3 is 19.7 Å². The molecule has 0 aliphatic heterocycles. The fraction of sp³-hybridized carbons (Fsp3) is 0.286. The van der Waals surface area contributed by atoms with Gasteiger partial charge in [-0.05, 0) is 60.5 Å². The Bertz CT molecular complexity index is 1330. The van der Waals surface area contributed by atoms with E-state index in [1.165, 1.54) is 31.2 Å². The van der Waals surface area contributed by atoms with E-state index in [4.69, 9.17) is 9.47 Å². The quantitative estimate of drug-likeness (QED) is 0.378. The van der Waals surface area contributed by atoms with Crippen LogP contribution in [0.1, 0.15) is 18.9 Å². The van der Waals surface area contributed by atoms with E-state index in [0.717, 1.165) is 9.87 Å². The van der Waals surface area contributed by atoms with Crippen molar-refractivity contribution in [2.24, 2.45) is 0 Å². The van der Waals surface area contributed by atoms with E-state index in [-0.39, 0.29) is 17.3 Å². The van der Waals surface area contributed by atoms with Crippen LogP contribution in [-0.4, -0.2) is 59.0 Å². The molecule has 9 nitrogen and oxygen atoms in total. The number of anilines is 1. The zero-order valence-corrected chi connectivity index (χ0v) is 22.8. The average Bonchev–Trinajstić information content (AvgIpc) is 2.95. The second kappa shape index (κ2) is 13.0. The minimum absolute atomic E-state index is 0.00708. The van der Waals surface area contributed by atoms with E-state index >= 15 is 0 Å². The van der Waals surface area contributed by atoms with Gasteiger partial charge in [-0.25, -0.2) is 8.42 Å². The number of sulfonamides is 1. The lowest BCUT2D eigenvalue weighted by molar-refractivity contribution is -0.140. The van der Waals surface area contributed by atoms with Gasteiger partial charge in [0.25, 0.3) is 10.0 Å². The van der Waals surface area contributed by atoms with E-state index < -0.39 is 28.5 Å². The Morgan fingerprint density at radius 1 is 0.895 bits per heavy atom. The third-order valence-corrected chi connectivity index (χ3v) is 7.88. The summed E-state index contributed by atoms with van der Waals surface area (Å²) in [5.41, 5.74) is 1.07. The lowest BCUT2D eigenvalue weighted by Crippen LogP contribution is -2.51. The van der Waals surface area contributed by atoms with Gasteiger partial charge in [0.15, 0.2) is 0 Å². The molecule has 3 aromatic rings. The zero-order valence-electron chi connectivity index (χ0n) is 22.0. The number of para-hydroxylation sites is 1. The molecule has 3 aromatic carbocycles. The maximum Gasteiger partial charge on any atom is 0.264 e. The number of rotatable bonds is 12. The Balaban J connectivity index is 2.03. The minimum atomic E-state index is -4.14. The summed E-state index contributed by atoms with van der Waals surface area (Å²) in [7, 11) is 0.401. The molecule has 0 radical (unpaired) electrons. The highest BCUT2D eigenvalue weighted by atomic mass is 32.2. The van der Waals surface area contributed by atoms with Gasteiger partial charge >= 0.3 is 0 Å². The molecule has 2 amide bonds. The summed E-state index contributed by atoms with van der Waals surface area (Å²) in [5, 5.41) is 2.61. The number of nitrogens with zero attached hydrogens (tertiary/aromatic N) is 2. The highest BCUT2D eigenvalue weighted by Crippen LogP contribution is 2.26. The lowest BCUT2D eigenvalue weighted by atomic mass is 10.1. The Labute approximate surface area is 224 Å². The van der Waals surface area contributed by atoms with Crippen LogP contribution < -0.4 is 19.1 Å². The molecule has 0 aliphatic carbocycles. The van der Waals surface area contributed by atoms with Crippen molar-refractivity contribution in [1.29, 1.82) is 0 Å². The number of ether oxygens (including phenoxy) is 2. The summed E-state index contributed by atoms with van der Waals surface area (Å²) in [6.07, 6.45) is 0.339. The van der Waals surface area contributed by atoms with Crippen molar-refractivity contribution in [3.8, 4) is 11.5 Å². The Kier molecular flexibility index (Phi) is 9.72. The van der Waals surface area contributed by atoms with Crippen LogP contribution in [0, 0.1) is 0 Å². The first-order valence-electron chi connectivity index (χ1n) is 12.1. The van der Waals surface area contributed by atoms with Crippen molar-refractivity contribution in [2.75, 3.05) is 32.1 Å². The molecule has 0 saturated heterocycles. The summed E-state index contributed by atoms with van der Waals surface area (Å²) >= 11 is 0. The average molecular weight is 540 g/mol. The molecule has 0 fully saturated rings. The summed E-state index contributed by atoms with van der Waals surface area (Å²) in [6, 6.07) is 20.7. The monoisotopic (exact) mass is 539 g/mol. The molecule has 0 heterocycles. The SMILES string of the molecule is CCC(C(=O)NC)N(Cc1cccc(OC)c1)C(=O)CN(c1ccccc1)S(=O)(=O)c1ccc(OC)cc1. The van der Waals surface area contributed by atoms with Crippen LogP contribution in [-0.2, 0) is 26.2 Å². The van der Waals surface area contributed by atoms with Gasteiger partial charge in [-0.15, -0.1) is 0 Å². The van der Waals surface area contributed by atoms with Crippen LogP contribution in [0.5, 0.6) is 11.5 Å². The number of hydrogen-bond acceptors (Lipinski definition) is 6. The molecule has 202 valence electrons. The molecule has 1 atom stereocenters. The number of benzene rings is 3. The molecule has 0 aromatic heterocycles. The highest BCUT2D eigenvalue weighted by molar-refractivity contribution is 7.92. The van der Waals surface area contributed by atoms with Gasteiger partial charge in [0.2, 0.25) is 11.8 Å². The maximum atomic E-state index is 13.9. The van der Waals surface area contributed by atoms with E-state index in [1.54, 1.807) is 74.7 Å². The standard InChI is InChI=1S/C28H33N3O6S/c1-5-26(28(33)29-2)30(19-21-10-9-13-24(18-21)37-4)27(32)20-31(22-11-7-6-8-12-22)38(34,35)25-16-14-23(36-3)15-17-25/h6-18,26H,5,19-20H2,1-4H3,(H,29,33). The zero-order chi connectivity index (χ0) is 27.7. The third-order valence-electron chi connectivity index (χ3n) is 6.09. The van der Waals surface area contributed by atoms with E-state index in [1.807, 2.05) is 6.07 Å². The van der Waals surface area contributed by atoms with Crippen molar-refractivity contribution in [2.45, 2.75) is 30.8 Å². The summed E-state index contributed by atoms with van der Waals surface area (Å²) in [6.45, 7) is 1.39. The van der Waals surface area contributed by atoms with Crippen molar-refractivity contribution in [3.63, 3.8) is 0 Å². The van der Waals surface area contributed by atoms with Gasteiger partial charge in [0.1, 0.15) is 24.1 Å². The predicted octanol–water partition coefficient (Wildman–Crippen LogP) is 3.45. The lowest BCUT2D eigenvalue weighted by Gasteiger charge is -2.33. The third kappa shape index (κ3) is 6.63. The fourth-order valence-corrected chi connectivity index (χ4v) is 5.47. The van der Waals surface area contributed by atoms with E-state index in [0.29, 0.717) is 23.6 Å². The Morgan fingerprint density at radius 2 is 1.55 bits per heavy atom. The molecule has 0 saturated carbocycles. The number of hydrogen-bond donors (Lipinski definition) is 1. The summed E-state index contributed by atoms with van der Waals surface area (Å²) in [5.74, 6) is 0.250. The maximum absolute atomic E-state index is 13.9. The molecule has 0 bridgehead atoms. The molecule has 0 spiro atoms. The first-order chi connectivity index (χ1) is 18.2. The summed E-state index contributed by atoms with van der Waals surface area (Å²) in [4.78, 5) is 28.1.